The van der Waals surface area contributed by atoms with E-state index in [1.54, 1.807) is 18.2 Å². The number of carbonyl (C=O) groups excluding carboxylic acids is 1. The maximum Gasteiger partial charge on any atom is 0.260 e. The van der Waals surface area contributed by atoms with Crippen LogP contribution in [0.1, 0.15) is 5.56 Å². The van der Waals surface area contributed by atoms with Gasteiger partial charge < -0.3 is 9.47 Å². The molecule has 0 unspecified atom stereocenters. The first-order valence-electron chi connectivity index (χ1n) is 8.92. The lowest BCUT2D eigenvalue weighted by atomic mass is 10.2. The van der Waals surface area contributed by atoms with E-state index < -0.39 is 22.5 Å². The number of halogens is 3. The Bertz CT molecular complexity index is 1120. The van der Waals surface area contributed by atoms with E-state index in [2.05, 4.69) is 33.0 Å². The van der Waals surface area contributed by atoms with Crippen LogP contribution in [0.4, 0.5) is 5.69 Å². The highest BCUT2D eigenvalue weighted by atomic mass is 79.9. The molecule has 1 amide bonds. The third kappa shape index (κ3) is 7.40. The molecule has 12 heteroatoms. The van der Waals surface area contributed by atoms with Gasteiger partial charge in [0, 0.05) is 10.0 Å². The summed E-state index contributed by atoms with van der Waals surface area (Å²) < 4.78 is 36.7. The van der Waals surface area contributed by atoms with Crippen molar-refractivity contribution in [2.24, 2.45) is 5.10 Å². The molecule has 0 radical (unpaired) electrons. The van der Waals surface area contributed by atoms with Crippen molar-refractivity contribution in [3.63, 3.8) is 0 Å². The van der Waals surface area contributed by atoms with Crippen LogP contribution in [0.15, 0.2) is 52.6 Å². The molecule has 2 aromatic carbocycles. The van der Waals surface area contributed by atoms with Crippen LogP contribution in [0.3, 0.4) is 0 Å². The summed E-state index contributed by atoms with van der Waals surface area (Å²) in [4.78, 5) is 12.3. The lowest BCUT2D eigenvalue weighted by Crippen LogP contribution is -2.39. The standard InChI is InChI=1S/C20H20BrCl2N3O5S/c1-4-5-31-20-17(21)6-13(7-18(20)30-2)11-24-25-19(27)12-26(32(3,28)29)16-9-14(22)8-15(23)10-16/h4,6-11H,1,5,12H2,2-3H3,(H,25,27)/b24-11-. The molecule has 0 aliphatic rings. The molecule has 2 rings (SSSR count). The zero-order valence-electron chi connectivity index (χ0n) is 17.1. The number of amides is 1. The number of hydrogen-bond acceptors (Lipinski definition) is 6. The van der Waals surface area contributed by atoms with Gasteiger partial charge in [-0.2, -0.15) is 5.10 Å². The fraction of sp³-hybridized carbons (Fsp3) is 0.200. The molecule has 0 aliphatic heterocycles. The number of hydrogen-bond donors (Lipinski definition) is 1. The Morgan fingerprint density at radius 3 is 2.47 bits per heavy atom. The van der Waals surface area contributed by atoms with E-state index in [1.165, 1.54) is 31.5 Å². The lowest BCUT2D eigenvalue weighted by molar-refractivity contribution is -0.119. The fourth-order valence-electron chi connectivity index (χ4n) is 2.52. The van der Waals surface area contributed by atoms with Crippen LogP contribution in [0.25, 0.3) is 0 Å². The van der Waals surface area contributed by atoms with Crippen LogP contribution in [0.5, 0.6) is 11.5 Å². The zero-order valence-corrected chi connectivity index (χ0v) is 21.1. The van der Waals surface area contributed by atoms with Gasteiger partial charge in [0.25, 0.3) is 5.91 Å². The number of ether oxygens (including phenoxy) is 2. The normalized spacial score (nSPS) is 11.3. The van der Waals surface area contributed by atoms with Crippen molar-refractivity contribution in [1.29, 1.82) is 0 Å². The second-order valence-corrected chi connectivity index (χ2v) is 9.96. The van der Waals surface area contributed by atoms with E-state index in [0.29, 0.717) is 28.1 Å². The summed E-state index contributed by atoms with van der Waals surface area (Å²) >= 11 is 15.3. The third-order valence-electron chi connectivity index (χ3n) is 3.82. The van der Waals surface area contributed by atoms with Gasteiger partial charge >= 0.3 is 0 Å². The highest BCUT2D eigenvalue weighted by Gasteiger charge is 2.21. The molecular weight excluding hydrogens is 545 g/mol. The Labute approximate surface area is 205 Å². The smallest absolute Gasteiger partial charge is 0.260 e. The number of nitrogens with zero attached hydrogens (tertiary/aromatic N) is 2. The van der Waals surface area contributed by atoms with Crippen LogP contribution in [-0.2, 0) is 14.8 Å². The maximum atomic E-state index is 12.3. The molecule has 0 aliphatic carbocycles. The van der Waals surface area contributed by atoms with Crippen molar-refractivity contribution in [2.45, 2.75) is 0 Å². The predicted octanol–water partition coefficient (Wildman–Crippen LogP) is 4.25. The maximum absolute atomic E-state index is 12.3. The molecule has 8 nitrogen and oxygen atoms in total. The van der Waals surface area contributed by atoms with E-state index >= 15 is 0 Å². The number of nitrogens with one attached hydrogen (secondary N) is 1. The number of carbonyl (C=O) groups is 1. The van der Waals surface area contributed by atoms with E-state index in [9.17, 15) is 13.2 Å². The van der Waals surface area contributed by atoms with Gasteiger partial charge in [-0.1, -0.05) is 35.9 Å². The third-order valence-corrected chi connectivity index (χ3v) is 5.99. The van der Waals surface area contributed by atoms with Crippen LogP contribution in [0.2, 0.25) is 10.0 Å². The van der Waals surface area contributed by atoms with Crippen LogP contribution in [0, 0.1) is 0 Å². The Balaban J connectivity index is 2.15. The first-order valence-corrected chi connectivity index (χ1v) is 12.3. The van der Waals surface area contributed by atoms with Crippen molar-refractivity contribution in [3.8, 4) is 11.5 Å². The zero-order chi connectivity index (χ0) is 23.9. The number of benzene rings is 2. The predicted molar refractivity (Wildman–Crippen MR) is 131 cm³/mol. The van der Waals surface area contributed by atoms with E-state index in [1.807, 2.05) is 0 Å². The molecule has 32 heavy (non-hydrogen) atoms. The average Bonchev–Trinajstić information content (AvgIpc) is 2.69. The van der Waals surface area contributed by atoms with Gasteiger partial charge in [0.15, 0.2) is 11.5 Å². The molecule has 0 spiro atoms. The molecule has 0 atom stereocenters. The van der Waals surface area contributed by atoms with Crippen LogP contribution in [-0.4, -0.2) is 47.1 Å². The summed E-state index contributed by atoms with van der Waals surface area (Å²) in [5.74, 6) is 0.285. The summed E-state index contributed by atoms with van der Waals surface area (Å²) in [6.07, 6.45) is 3.95. The molecule has 0 saturated carbocycles. The van der Waals surface area contributed by atoms with Gasteiger partial charge in [-0.25, -0.2) is 13.8 Å². The van der Waals surface area contributed by atoms with Gasteiger partial charge in [0.2, 0.25) is 10.0 Å². The molecule has 172 valence electrons. The van der Waals surface area contributed by atoms with Crippen molar-refractivity contribution in [2.75, 3.05) is 30.8 Å². The molecule has 0 fully saturated rings. The molecule has 2 aromatic rings. The summed E-state index contributed by atoms with van der Waals surface area (Å²) in [6, 6.07) is 7.62. The fourth-order valence-corrected chi connectivity index (χ4v) is 4.45. The quantitative estimate of drug-likeness (QED) is 0.264. The number of methoxy groups -OCH3 is 1. The second kappa shape index (κ2) is 11.6. The Morgan fingerprint density at radius 1 is 1.25 bits per heavy atom. The first-order chi connectivity index (χ1) is 15.0. The lowest BCUT2D eigenvalue weighted by Gasteiger charge is -2.21. The average molecular weight is 565 g/mol. The molecule has 0 bridgehead atoms. The minimum Gasteiger partial charge on any atom is -0.493 e. The molecule has 0 saturated heterocycles. The van der Waals surface area contributed by atoms with Crippen LogP contribution < -0.4 is 19.2 Å². The largest absolute Gasteiger partial charge is 0.493 e. The SMILES string of the molecule is C=CCOc1c(Br)cc(/C=N\NC(=O)CN(c2cc(Cl)cc(Cl)c2)S(C)(=O)=O)cc1OC. The van der Waals surface area contributed by atoms with Gasteiger partial charge in [-0.3, -0.25) is 9.10 Å². The summed E-state index contributed by atoms with van der Waals surface area (Å²) in [6.45, 7) is 3.38. The number of rotatable bonds is 10. The minimum absolute atomic E-state index is 0.160. The van der Waals surface area contributed by atoms with Gasteiger partial charge in [0.05, 0.1) is 29.7 Å². The monoisotopic (exact) mass is 563 g/mol. The topological polar surface area (TPSA) is 97.3 Å². The van der Waals surface area contributed by atoms with Crippen molar-refractivity contribution < 1.29 is 22.7 Å². The van der Waals surface area contributed by atoms with E-state index in [4.69, 9.17) is 32.7 Å². The van der Waals surface area contributed by atoms with Crippen molar-refractivity contribution >= 4 is 67.0 Å². The Hall–Kier alpha value is -2.27. The number of sulfonamides is 1. The second-order valence-electron chi connectivity index (χ2n) is 6.32. The molecule has 0 aromatic heterocycles. The summed E-state index contributed by atoms with van der Waals surface area (Å²) in [7, 11) is -2.30. The number of anilines is 1. The van der Waals surface area contributed by atoms with E-state index in [-0.39, 0.29) is 15.7 Å². The van der Waals surface area contributed by atoms with Gasteiger partial charge in [-0.15, -0.1) is 0 Å². The van der Waals surface area contributed by atoms with Gasteiger partial charge in [-0.05, 0) is 51.8 Å². The Kier molecular flexibility index (Phi) is 9.38. The highest BCUT2D eigenvalue weighted by molar-refractivity contribution is 9.10. The summed E-state index contributed by atoms with van der Waals surface area (Å²) in [5.41, 5.74) is 3.06. The minimum atomic E-state index is -3.79. The summed E-state index contributed by atoms with van der Waals surface area (Å²) in [5, 5.41) is 4.35. The molecule has 0 heterocycles. The van der Waals surface area contributed by atoms with Crippen molar-refractivity contribution in [1.82, 2.24) is 5.43 Å². The van der Waals surface area contributed by atoms with E-state index in [0.717, 1.165) is 10.6 Å². The Morgan fingerprint density at radius 2 is 1.91 bits per heavy atom. The van der Waals surface area contributed by atoms with Crippen LogP contribution >= 0.6 is 39.1 Å². The van der Waals surface area contributed by atoms with Gasteiger partial charge in [0.1, 0.15) is 13.2 Å². The molecular formula is C20H20BrCl2N3O5S. The molecule has 1 N–H and O–H groups in total. The van der Waals surface area contributed by atoms with Crippen molar-refractivity contribution in [3.05, 3.63) is 63.1 Å². The highest BCUT2D eigenvalue weighted by Crippen LogP contribution is 2.36. The first kappa shape index (κ1) is 26.0. The number of hydrazone groups is 1.